The standard InChI is InChI=1S/C10H21N.C7H16/c1-10(2,3)9-5-7-11(4)8-6-9;1-6(2)7(3,4)5/h9H,5-8H2,1-4H3;6H,1-5H3. The predicted molar refractivity (Wildman–Crippen MR) is 84.0 cm³/mol. The van der Waals surface area contributed by atoms with Crippen LogP contribution in [0.2, 0.25) is 0 Å². The molecule has 1 fully saturated rings. The quantitative estimate of drug-likeness (QED) is 0.584. The average Bonchev–Trinajstić information content (AvgIpc) is 2.16. The van der Waals surface area contributed by atoms with E-state index < -0.39 is 0 Å². The summed E-state index contributed by atoms with van der Waals surface area (Å²) in [4.78, 5) is 2.43. The van der Waals surface area contributed by atoms with Crippen LogP contribution in [-0.2, 0) is 0 Å². The summed E-state index contributed by atoms with van der Waals surface area (Å²) in [5.74, 6) is 1.74. The van der Waals surface area contributed by atoms with Gasteiger partial charge in [-0.05, 0) is 55.6 Å². The zero-order valence-corrected chi connectivity index (χ0v) is 14.4. The summed E-state index contributed by atoms with van der Waals surface area (Å²) in [6.45, 7) is 21.0. The van der Waals surface area contributed by atoms with Crippen molar-refractivity contribution in [2.24, 2.45) is 22.7 Å². The number of piperidine rings is 1. The van der Waals surface area contributed by atoms with Gasteiger partial charge in [0.05, 0.1) is 0 Å². The lowest BCUT2D eigenvalue weighted by molar-refractivity contribution is 0.129. The van der Waals surface area contributed by atoms with E-state index in [0.29, 0.717) is 10.8 Å². The summed E-state index contributed by atoms with van der Waals surface area (Å²) in [7, 11) is 2.22. The number of hydrogen-bond acceptors (Lipinski definition) is 1. The Bertz CT molecular complexity index is 209. The first-order valence-electron chi connectivity index (χ1n) is 7.63. The van der Waals surface area contributed by atoms with Crippen LogP contribution in [0.4, 0.5) is 0 Å². The second-order valence-electron chi connectivity index (χ2n) is 8.46. The van der Waals surface area contributed by atoms with Gasteiger partial charge >= 0.3 is 0 Å². The van der Waals surface area contributed by atoms with Gasteiger partial charge in [0.25, 0.3) is 0 Å². The molecule has 0 bridgehead atoms. The minimum Gasteiger partial charge on any atom is -0.306 e. The highest BCUT2D eigenvalue weighted by Gasteiger charge is 2.27. The molecule has 0 atom stereocenters. The molecule has 0 saturated carbocycles. The Labute approximate surface area is 116 Å². The lowest BCUT2D eigenvalue weighted by atomic mass is 9.75. The molecule has 1 aliphatic rings. The van der Waals surface area contributed by atoms with Crippen molar-refractivity contribution >= 4 is 0 Å². The van der Waals surface area contributed by atoms with Crippen LogP contribution in [0.5, 0.6) is 0 Å². The Kier molecular flexibility index (Phi) is 6.92. The molecule has 1 aliphatic heterocycles. The van der Waals surface area contributed by atoms with Gasteiger partial charge in [0.2, 0.25) is 0 Å². The van der Waals surface area contributed by atoms with Crippen LogP contribution < -0.4 is 0 Å². The minimum atomic E-state index is 0.500. The van der Waals surface area contributed by atoms with Crippen LogP contribution in [0.15, 0.2) is 0 Å². The van der Waals surface area contributed by atoms with Crippen LogP contribution in [0, 0.1) is 22.7 Å². The van der Waals surface area contributed by atoms with Gasteiger partial charge in [-0.25, -0.2) is 0 Å². The van der Waals surface area contributed by atoms with Crippen molar-refractivity contribution in [2.45, 2.75) is 68.2 Å². The van der Waals surface area contributed by atoms with Gasteiger partial charge < -0.3 is 4.90 Å². The van der Waals surface area contributed by atoms with Gasteiger partial charge in [0.15, 0.2) is 0 Å². The molecule has 1 nitrogen and oxygen atoms in total. The highest BCUT2D eigenvalue weighted by Crippen LogP contribution is 2.33. The topological polar surface area (TPSA) is 3.24 Å². The highest BCUT2D eigenvalue weighted by molar-refractivity contribution is 4.79. The molecule has 0 aromatic heterocycles. The highest BCUT2D eigenvalue weighted by atomic mass is 15.1. The van der Waals surface area contributed by atoms with Crippen molar-refractivity contribution in [3.8, 4) is 0 Å². The van der Waals surface area contributed by atoms with E-state index >= 15 is 0 Å². The molecule has 0 spiro atoms. The van der Waals surface area contributed by atoms with Gasteiger partial charge in [-0.15, -0.1) is 0 Å². The van der Waals surface area contributed by atoms with Crippen molar-refractivity contribution in [1.29, 1.82) is 0 Å². The normalized spacial score (nSPS) is 19.7. The minimum absolute atomic E-state index is 0.500. The zero-order valence-electron chi connectivity index (χ0n) is 14.4. The van der Waals surface area contributed by atoms with Gasteiger partial charge in [-0.1, -0.05) is 55.4 Å². The molecule has 0 N–H and O–H groups in total. The Morgan fingerprint density at radius 3 is 1.44 bits per heavy atom. The fourth-order valence-electron chi connectivity index (χ4n) is 1.87. The largest absolute Gasteiger partial charge is 0.306 e. The van der Waals surface area contributed by atoms with Crippen molar-refractivity contribution in [1.82, 2.24) is 4.90 Å². The van der Waals surface area contributed by atoms with E-state index in [9.17, 15) is 0 Å². The molecule has 0 radical (unpaired) electrons. The van der Waals surface area contributed by atoms with E-state index in [1.54, 1.807) is 0 Å². The first-order valence-corrected chi connectivity index (χ1v) is 7.63. The molecular formula is C17H37N. The number of nitrogens with zero attached hydrogens (tertiary/aromatic N) is 1. The SMILES string of the molecule is CC(C)C(C)(C)C.CN1CCC(C(C)(C)C)CC1. The third-order valence-electron chi connectivity index (χ3n) is 4.68. The van der Waals surface area contributed by atoms with Crippen LogP contribution in [0.3, 0.4) is 0 Å². The molecule has 0 aliphatic carbocycles. The molecule has 1 heterocycles. The third-order valence-corrected chi connectivity index (χ3v) is 4.68. The maximum absolute atomic E-state index is 2.43. The smallest absolute Gasteiger partial charge is 0.00189 e. The Morgan fingerprint density at radius 2 is 1.22 bits per heavy atom. The summed E-state index contributed by atoms with van der Waals surface area (Å²) in [5.41, 5.74) is 1.03. The third kappa shape index (κ3) is 7.41. The van der Waals surface area contributed by atoms with Gasteiger partial charge in [-0.3, -0.25) is 0 Å². The number of hydrogen-bond donors (Lipinski definition) is 0. The Balaban J connectivity index is 0.000000360. The molecule has 1 saturated heterocycles. The van der Waals surface area contributed by atoms with Gasteiger partial charge in [0.1, 0.15) is 0 Å². The number of likely N-dealkylation sites (tertiary alicyclic amines) is 1. The fourth-order valence-corrected chi connectivity index (χ4v) is 1.87. The van der Waals surface area contributed by atoms with Gasteiger partial charge in [-0.2, -0.15) is 0 Å². The van der Waals surface area contributed by atoms with E-state index in [-0.39, 0.29) is 0 Å². The van der Waals surface area contributed by atoms with Crippen LogP contribution in [0.1, 0.15) is 68.2 Å². The van der Waals surface area contributed by atoms with Crippen molar-refractivity contribution < 1.29 is 0 Å². The molecule has 0 aromatic carbocycles. The summed E-state index contributed by atoms with van der Waals surface area (Å²) < 4.78 is 0. The van der Waals surface area contributed by atoms with Crippen molar-refractivity contribution in [3.63, 3.8) is 0 Å². The van der Waals surface area contributed by atoms with Crippen LogP contribution in [-0.4, -0.2) is 25.0 Å². The zero-order chi connectivity index (χ0) is 14.6. The fraction of sp³-hybridized carbons (Fsp3) is 1.00. The monoisotopic (exact) mass is 255 g/mol. The molecule has 1 rings (SSSR count). The van der Waals surface area contributed by atoms with Crippen LogP contribution in [0.25, 0.3) is 0 Å². The molecule has 0 aromatic rings. The molecule has 18 heavy (non-hydrogen) atoms. The Hall–Kier alpha value is -0.0400. The molecule has 1 heteroatoms. The van der Waals surface area contributed by atoms with Gasteiger partial charge in [0, 0.05) is 0 Å². The summed E-state index contributed by atoms with van der Waals surface area (Å²) in [5, 5.41) is 0. The molecule has 0 unspecified atom stereocenters. The van der Waals surface area contributed by atoms with E-state index in [4.69, 9.17) is 0 Å². The van der Waals surface area contributed by atoms with Crippen molar-refractivity contribution in [3.05, 3.63) is 0 Å². The lowest BCUT2D eigenvalue weighted by Crippen LogP contribution is -2.35. The summed E-state index contributed by atoms with van der Waals surface area (Å²) >= 11 is 0. The second kappa shape index (κ2) is 6.93. The average molecular weight is 255 g/mol. The molecule has 0 amide bonds. The maximum Gasteiger partial charge on any atom is -0.00189 e. The first-order chi connectivity index (χ1) is 7.94. The van der Waals surface area contributed by atoms with E-state index in [2.05, 4.69) is 67.3 Å². The van der Waals surface area contributed by atoms with Crippen LogP contribution >= 0.6 is 0 Å². The maximum atomic E-state index is 2.43. The summed E-state index contributed by atoms with van der Waals surface area (Å²) in [6.07, 6.45) is 2.78. The Morgan fingerprint density at radius 1 is 0.889 bits per heavy atom. The second-order valence-corrected chi connectivity index (χ2v) is 8.46. The lowest BCUT2D eigenvalue weighted by Gasteiger charge is -2.37. The van der Waals surface area contributed by atoms with E-state index in [0.717, 1.165) is 11.8 Å². The molecule has 110 valence electrons. The first kappa shape index (κ1) is 18.0. The number of rotatable bonds is 0. The van der Waals surface area contributed by atoms with E-state index in [1.165, 1.54) is 25.9 Å². The summed E-state index contributed by atoms with van der Waals surface area (Å²) in [6, 6.07) is 0. The van der Waals surface area contributed by atoms with E-state index in [1.807, 2.05) is 0 Å². The molecular weight excluding hydrogens is 218 g/mol. The predicted octanol–water partition coefficient (Wildman–Crippen LogP) is 5.06. The van der Waals surface area contributed by atoms with Crippen molar-refractivity contribution in [2.75, 3.05) is 20.1 Å².